The molecule has 1 amide bonds. The number of halogens is 1. The molecule has 0 spiro atoms. The Morgan fingerprint density at radius 3 is 2.83 bits per heavy atom. The molecule has 3 aromatic rings. The Hall–Kier alpha value is -2.67. The molecule has 0 aliphatic rings. The van der Waals surface area contributed by atoms with Crippen LogP contribution in [0.25, 0.3) is 10.2 Å². The standard InChI is InChI=1S/C16H13FN2O3S/c1-21-12-4-2-3-5-13(12)22-9-15(20)19-16-18-11-7-6-10(17)8-14(11)23-16/h2-8H,9H2,1H3,(H,18,19,20). The summed E-state index contributed by atoms with van der Waals surface area (Å²) in [4.78, 5) is 16.2. The highest BCUT2D eigenvalue weighted by Gasteiger charge is 2.10. The lowest BCUT2D eigenvalue weighted by atomic mass is 10.3. The van der Waals surface area contributed by atoms with Gasteiger partial charge in [-0.15, -0.1) is 0 Å². The van der Waals surface area contributed by atoms with E-state index in [2.05, 4.69) is 10.3 Å². The van der Waals surface area contributed by atoms with Gasteiger partial charge in [-0.25, -0.2) is 9.37 Å². The second kappa shape index (κ2) is 6.62. The molecule has 0 bridgehead atoms. The summed E-state index contributed by atoms with van der Waals surface area (Å²) in [5, 5.41) is 3.04. The molecule has 23 heavy (non-hydrogen) atoms. The van der Waals surface area contributed by atoms with Crippen molar-refractivity contribution in [2.24, 2.45) is 0 Å². The maximum absolute atomic E-state index is 13.1. The van der Waals surface area contributed by atoms with Crippen LogP contribution in [0, 0.1) is 5.82 Å². The van der Waals surface area contributed by atoms with Gasteiger partial charge < -0.3 is 9.47 Å². The van der Waals surface area contributed by atoms with Gasteiger partial charge in [-0.3, -0.25) is 10.1 Å². The summed E-state index contributed by atoms with van der Waals surface area (Å²) in [6, 6.07) is 11.3. The first-order chi connectivity index (χ1) is 11.2. The number of benzene rings is 2. The summed E-state index contributed by atoms with van der Waals surface area (Å²) in [7, 11) is 1.53. The van der Waals surface area contributed by atoms with Crippen LogP contribution in [0.3, 0.4) is 0 Å². The van der Waals surface area contributed by atoms with Crippen molar-refractivity contribution in [3.63, 3.8) is 0 Å². The van der Waals surface area contributed by atoms with Gasteiger partial charge in [0.1, 0.15) is 5.82 Å². The summed E-state index contributed by atoms with van der Waals surface area (Å²) in [6.07, 6.45) is 0. The molecule has 0 atom stereocenters. The van der Waals surface area contributed by atoms with Crippen LogP contribution in [0.1, 0.15) is 0 Å². The lowest BCUT2D eigenvalue weighted by molar-refractivity contribution is -0.118. The number of methoxy groups -OCH3 is 1. The molecule has 118 valence electrons. The molecule has 0 radical (unpaired) electrons. The molecule has 1 aromatic heterocycles. The number of hydrogen-bond acceptors (Lipinski definition) is 5. The molecule has 0 aliphatic carbocycles. The van der Waals surface area contributed by atoms with Gasteiger partial charge in [0, 0.05) is 0 Å². The monoisotopic (exact) mass is 332 g/mol. The highest BCUT2D eigenvalue weighted by Crippen LogP contribution is 2.27. The number of ether oxygens (including phenoxy) is 2. The maximum Gasteiger partial charge on any atom is 0.264 e. The van der Waals surface area contributed by atoms with Crippen LogP contribution in [0.2, 0.25) is 0 Å². The average Bonchev–Trinajstić information content (AvgIpc) is 2.94. The van der Waals surface area contributed by atoms with Crippen molar-refractivity contribution >= 4 is 32.6 Å². The largest absolute Gasteiger partial charge is 0.493 e. The van der Waals surface area contributed by atoms with E-state index in [1.807, 2.05) is 6.07 Å². The minimum atomic E-state index is -0.351. The second-order valence-corrected chi connectivity index (χ2v) is 5.65. The third-order valence-corrected chi connectivity index (χ3v) is 3.96. The lowest BCUT2D eigenvalue weighted by Crippen LogP contribution is -2.20. The Balaban J connectivity index is 1.64. The normalized spacial score (nSPS) is 10.5. The molecule has 1 heterocycles. The van der Waals surface area contributed by atoms with E-state index < -0.39 is 0 Å². The van der Waals surface area contributed by atoms with Crippen LogP contribution in [0.4, 0.5) is 9.52 Å². The summed E-state index contributed by atoms with van der Waals surface area (Å²) in [6.45, 7) is -0.176. The predicted octanol–water partition coefficient (Wildman–Crippen LogP) is 3.46. The van der Waals surface area contributed by atoms with Gasteiger partial charge in [-0.2, -0.15) is 0 Å². The Labute approximate surface area is 135 Å². The molecule has 0 fully saturated rings. The number of hydrogen-bond donors (Lipinski definition) is 1. The fourth-order valence-electron chi connectivity index (χ4n) is 1.99. The third-order valence-electron chi connectivity index (χ3n) is 3.02. The SMILES string of the molecule is COc1ccccc1OCC(=O)Nc1nc2ccc(F)cc2s1. The van der Waals surface area contributed by atoms with Crippen molar-refractivity contribution in [3.05, 3.63) is 48.3 Å². The Morgan fingerprint density at radius 2 is 2.04 bits per heavy atom. The first-order valence-electron chi connectivity index (χ1n) is 6.77. The number of amides is 1. The van der Waals surface area contributed by atoms with E-state index >= 15 is 0 Å². The van der Waals surface area contributed by atoms with E-state index in [-0.39, 0.29) is 18.3 Å². The van der Waals surface area contributed by atoms with Crippen molar-refractivity contribution in [3.8, 4) is 11.5 Å². The minimum Gasteiger partial charge on any atom is -0.493 e. The van der Waals surface area contributed by atoms with Gasteiger partial charge in [-0.1, -0.05) is 23.5 Å². The number of thiazole rings is 1. The molecule has 3 rings (SSSR count). The number of carbonyl (C=O) groups excluding carboxylic acids is 1. The second-order valence-electron chi connectivity index (χ2n) is 4.62. The van der Waals surface area contributed by atoms with Gasteiger partial charge in [0.25, 0.3) is 5.91 Å². The summed E-state index contributed by atoms with van der Waals surface area (Å²) >= 11 is 1.21. The molecular weight excluding hydrogens is 319 g/mol. The van der Waals surface area contributed by atoms with Crippen molar-refractivity contribution in [2.75, 3.05) is 19.0 Å². The quantitative estimate of drug-likeness (QED) is 0.777. The number of carbonyl (C=O) groups is 1. The number of fused-ring (bicyclic) bond motifs is 1. The lowest BCUT2D eigenvalue weighted by Gasteiger charge is -2.09. The molecule has 2 aromatic carbocycles. The Kier molecular flexibility index (Phi) is 4.38. The van der Waals surface area contributed by atoms with Gasteiger partial charge in [0.2, 0.25) is 0 Å². The third kappa shape index (κ3) is 3.57. The van der Waals surface area contributed by atoms with Gasteiger partial charge in [0.05, 0.1) is 17.3 Å². The van der Waals surface area contributed by atoms with Crippen LogP contribution in [-0.4, -0.2) is 24.6 Å². The zero-order chi connectivity index (χ0) is 16.2. The average molecular weight is 332 g/mol. The molecule has 0 aliphatic heterocycles. The smallest absolute Gasteiger partial charge is 0.264 e. The number of rotatable bonds is 5. The van der Waals surface area contributed by atoms with Gasteiger partial charge >= 0.3 is 0 Å². The first-order valence-corrected chi connectivity index (χ1v) is 7.59. The molecule has 1 N–H and O–H groups in total. The molecular formula is C16H13FN2O3S. The summed E-state index contributed by atoms with van der Waals surface area (Å²) in [5.41, 5.74) is 0.636. The van der Waals surface area contributed by atoms with Gasteiger partial charge in [-0.05, 0) is 30.3 Å². The number of aromatic nitrogens is 1. The summed E-state index contributed by atoms with van der Waals surface area (Å²) in [5.74, 6) is 0.348. The number of para-hydroxylation sites is 2. The zero-order valence-corrected chi connectivity index (χ0v) is 13.0. The maximum atomic E-state index is 13.1. The molecule has 0 saturated carbocycles. The van der Waals surface area contributed by atoms with E-state index in [1.165, 1.54) is 30.6 Å². The molecule has 0 unspecified atom stereocenters. The van der Waals surface area contributed by atoms with Crippen molar-refractivity contribution in [1.82, 2.24) is 4.98 Å². The van der Waals surface area contributed by atoms with Crippen LogP contribution in [0.15, 0.2) is 42.5 Å². The molecule has 5 nitrogen and oxygen atoms in total. The van der Waals surface area contributed by atoms with Crippen LogP contribution in [0.5, 0.6) is 11.5 Å². The fraction of sp³-hybridized carbons (Fsp3) is 0.125. The van der Waals surface area contributed by atoms with E-state index in [0.29, 0.717) is 26.8 Å². The number of nitrogens with one attached hydrogen (secondary N) is 1. The number of nitrogens with zero attached hydrogens (tertiary/aromatic N) is 1. The van der Waals surface area contributed by atoms with Crippen LogP contribution < -0.4 is 14.8 Å². The van der Waals surface area contributed by atoms with E-state index in [0.717, 1.165) is 0 Å². The van der Waals surface area contributed by atoms with Crippen molar-refractivity contribution in [1.29, 1.82) is 0 Å². The van der Waals surface area contributed by atoms with E-state index in [4.69, 9.17) is 9.47 Å². The van der Waals surface area contributed by atoms with E-state index in [9.17, 15) is 9.18 Å². The Bertz CT molecular complexity index is 850. The van der Waals surface area contributed by atoms with E-state index in [1.54, 1.807) is 24.3 Å². The van der Waals surface area contributed by atoms with Crippen molar-refractivity contribution < 1.29 is 18.7 Å². The minimum absolute atomic E-state index is 0.176. The number of anilines is 1. The zero-order valence-electron chi connectivity index (χ0n) is 12.2. The fourth-order valence-corrected chi connectivity index (χ4v) is 2.90. The van der Waals surface area contributed by atoms with Crippen molar-refractivity contribution in [2.45, 2.75) is 0 Å². The molecule has 7 heteroatoms. The predicted molar refractivity (Wildman–Crippen MR) is 86.7 cm³/mol. The van der Waals surface area contributed by atoms with Crippen LogP contribution >= 0.6 is 11.3 Å². The highest BCUT2D eigenvalue weighted by molar-refractivity contribution is 7.22. The summed E-state index contributed by atoms with van der Waals surface area (Å²) < 4.78 is 24.4. The molecule has 0 saturated heterocycles. The Morgan fingerprint density at radius 1 is 1.26 bits per heavy atom. The van der Waals surface area contributed by atoms with Gasteiger partial charge in [0.15, 0.2) is 23.2 Å². The highest BCUT2D eigenvalue weighted by atomic mass is 32.1. The topological polar surface area (TPSA) is 60.5 Å². The first kappa shape index (κ1) is 15.2. The van der Waals surface area contributed by atoms with Crippen LogP contribution in [-0.2, 0) is 4.79 Å².